The quantitative estimate of drug-likeness (QED) is 0.720. The number of nitrogens with zero attached hydrogens (tertiary/aromatic N) is 1. The van der Waals surface area contributed by atoms with E-state index in [1.54, 1.807) is 24.3 Å². The molecule has 2 aromatic carbocycles. The van der Waals surface area contributed by atoms with Crippen molar-refractivity contribution in [3.63, 3.8) is 0 Å². The van der Waals surface area contributed by atoms with Gasteiger partial charge in [0.05, 0.1) is 17.8 Å². The van der Waals surface area contributed by atoms with Crippen molar-refractivity contribution >= 4 is 22.7 Å². The Morgan fingerprint density at radius 1 is 1.00 bits per heavy atom. The minimum Gasteiger partial charge on any atom is -0.487 e. The number of hydrogen-bond donors (Lipinski definition) is 2. The van der Waals surface area contributed by atoms with Crippen LogP contribution in [0.1, 0.15) is 16.1 Å². The number of hydrogen-bond acceptors (Lipinski definition) is 4. The van der Waals surface area contributed by atoms with Crippen LogP contribution in [0.15, 0.2) is 60.7 Å². The number of nitrogens with two attached hydrogens (primary N) is 1. The van der Waals surface area contributed by atoms with Crippen molar-refractivity contribution in [1.82, 2.24) is 10.3 Å². The minimum atomic E-state index is -0.587. The summed E-state index contributed by atoms with van der Waals surface area (Å²) in [6.07, 6.45) is 0. The number of carbonyl (C=O) groups is 2. The zero-order valence-corrected chi connectivity index (χ0v) is 13.4. The van der Waals surface area contributed by atoms with Gasteiger partial charge in [0.1, 0.15) is 12.4 Å². The topological polar surface area (TPSA) is 94.3 Å². The Labute approximate surface area is 144 Å². The average molecular weight is 335 g/mol. The van der Waals surface area contributed by atoms with Crippen LogP contribution >= 0.6 is 0 Å². The van der Waals surface area contributed by atoms with Gasteiger partial charge in [-0.1, -0.05) is 24.3 Å². The molecule has 1 heterocycles. The van der Waals surface area contributed by atoms with Gasteiger partial charge in [0.15, 0.2) is 0 Å². The zero-order valence-electron chi connectivity index (χ0n) is 13.4. The maximum atomic E-state index is 11.8. The number of rotatable bonds is 6. The van der Waals surface area contributed by atoms with Crippen LogP contribution in [0.2, 0.25) is 0 Å². The highest BCUT2D eigenvalue weighted by Crippen LogP contribution is 2.16. The highest BCUT2D eigenvalue weighted by molar-refractivity contribution is 5.96. The summed E-state index contributed by atoms with van der Waals surface area (Å²) in [6.45, 7) is 0.142. The van der Waals surface area contributed by atoms with Gasteiger partial charge in [-0.3, -0.25) is 9.59 Å². The second kappa shape index (κ2) is 7.44. The van der Waals surface area contributed by atoms with Crippen molar-refractivity contribution in [3.8, 4) is 5.75 Å². The molecule has 0 saturated carbocycles. The van der Waals surface area contributed by atoms with Gasteiger partial charge in [0.2, 0.25) is 5.91 Å². The SMILES string of the molecule is NC(=O)CNC(=O)c1ccc(OCc2ccc3ccccc3n2)cc1. The van der Waals surface area contributed by atoms with Gasteiger partial charge in [-0.25, -0.2) is 4.98 Å². The molecule has 0 atom stereocenters. The van der Waals surface area contributed by atoms with Crippen molar-refractivity contribution < 1.29 is 14.3 Å². The van der Waals surface area contributed by atoms with Crippen LogP contribution in [-0.2, 0) is 11.4 Å². The number of amides is 2. The summed E-state index contributed by atoms with van der Waals surface area (Å²) < 4.78 is 5.71. The smallest absolute Gasteiger partial charge is 0.251 e. The third-order valence-electron chi connectivity index (χ3n) is 3.58. The molecule has 0 aliphatic rings. The molecular formula is C19H17N3O3. The molecule has 0 unspecified atom stereocenters. The molecule has 0 radical (unpaired) electrons. The van der Waals surface area contributed by atoms with E-state index in [1.807, 2.05) is 36.4 Å². The molecule has 3 rings (SSSR count). The summed E-state index contributed by atoms with van der Waals surface area (Å²) >= 11 is 0. The van der Waals surface area contributed by atoms with Crippen molar-refractivity contribution in [2.45, 2.75) is 6.61 Å². The molecule has 0 spiro atoms. The van der Waals surface area contributed by atoms with E-state index >= 15 is 0 Å². The lowest BCUT2D eigenvalue weighted by molar-refractivity contribution is -0.117. The van der Waals surface area contributed by atoms with E-state index in [4.69, 9.17) is 10.5 Å². The highest BCUT2D eigenvalue weighted by atomic mass is 16.5. The number of pyridine rings is 1. The molecule has 3 N–H and O–H groups in total. The van der Waals surface area contributed by atoms with Crippen LogP contribution in [0.5, 0.6) is 5.75 Å². The molecule has 2 amide bonds. The molecule has 0 aliphatic carbocycles. The monoisotopic (exact) mass is 335 g/mol. The lowest BCUT2D eigenvalue weighted by Crippen LogP contribution is -2.33. The molecular weight excluding hydrogens is 318 g/mol. The Morgan fingerprint density at radius 2 is 1.76 bits per heavy atom. The molecule has 0 saturated heterocycles. The van der Waals surface area contributed by atoms with Crippen LogP contribution in [0, 0.1) is 0 Å². The van der Waals surface area contributed by atoms with E-state index in [-0.39, 0.29) is 12.5 Å². The first kappa shape index (κ1) is 16.4. The standard InChI is InChI=1S/C19H17N3O3/c20-18(23)11-21-19(24)14-6-9-16(10-7-14)25-12-15-8-5-13-3-1-2-4-17(13)22-15/h1-10H,11-12H2,(H2,20,23)(H,21,24). The summed E-state index contributed by atoms with van der Waals surface area (Å²) in [5.41, 5.74) is 7.16. The number of nitrogens with one attached hydrogen (secondary N) is 1. The third kappa shape index (κ3) is 4.32. The van der Waals surface area contributed by atoms with Gasteiger partial charge in [-0.15, -0.1) is 0 Å². The Kier molecular flexibility index (Phi) is 4.89. The van der Waals surface area contributed by atoms with Crippen molar-refractivity contribution in [2.24, 2.45) is 5.73 Å². The number of para-hydroxylation sites is 1. The minimum absolute atomic E-state index is 0.190. The highest BCUT2D eigenvalue weighted by Gasteiger charge is 2.07. The predicted molar refractivity (Wildman–Crippen MR) is 94.0 cm³/mol. The van der Waals surface area contributed by atoms with Crippen molar-refractivity contribution in [3.05, 3.63) is 71.9 Å². The fourth-order valence-electron chi connectivity index (χ4n) is 2.32. The first-order valence-electron chi connectivity index (χ1n) is 7.76. The van der Waals surface area contributed by atoms with Crippen molar-refractivity contribution in [1.29, 1.82) is 0 Å². The van der Waals surface area contributed by atoms with E-state index in [9.17, 15) is 9.59 Å². The van der Waals surface area contributed by atoms with Crippen LogP contribution in [-0.4, -0.2) is 23.3 Å². The van der Waals surface area contributed by atoms with Gasteiger partial charge < -0.3 is 15.8 Å². The van der Waals surface area contributed by atoms with Gasteiger partial charge in [0.25, 0.3) is 5.91 Å². The van der Waals surface area contributed by atoms with E-state index < -0.39 is 5.91 Å². The molecule has 25 heavy (non-hydrogen) atoms. The van der Waals surface area contributed by atoms with Gasteiger partial charge >= 0.3 is 0 Å². The number of fused-ring (bicyclic) bond motifs is 1. The summed E-state index contributed by atoms with van der Waals surface area (Å²) in [4.78, 5) is 27.0. The van der Waals surface area contributed by atoms with E-state index in [0.717, 1.165) is 16.6 Å². The number of carbonyl (C=O) groups excluding carboxylic acids is 2. The predicted octanol–water partition coefficient (Wildman–Crippen LogP) is 2.03. The number of benzene rings is 2. The number of primary amides is 1. The normalized spacial score (nSPS) is 10.4. The fraction of sp³-hybridized carbons (Fsp3) is 0.105. The van der Waals surface area contributed by atoms with Crippen LogP contribution in [0.4, 0.5) is 0 Å². The molecule has 0 aliphatic heterocycles. The molecule has 0 fully saturated rings. The summed E-state index contributed by atoms with van der Waals surface area (Å²) in [5.74, 6) is -0.320. The Bertz CT molecular complexity index is 907. The molecule has 126 valence electrons. The molecule has 3 aromatic rings. The van der Waals surface area contributed by atoms with E-state index in [2.05, 4.69) is 10.3 Å². The van der Waals surface area contributed by atoms with Gasteiger partial charge in [-0.2, -0.15) is 0 Å². The molecule has 1 aromatic heterocycles. The van der Waals surface area contributed by atoms with E-state index in [1.165, 1.54) is 0 Å². The lowest BCUT2D eigenvalue weighted by Gasteiger charge is -2.08. The van der Waals surface area contributed by atoms with Crippen LogP contribution in [0.3, 0.4) is 0 Å². The van der Waals surface area contributed by atoms with Gasteiger partial charge in [0, 0.05) is 10.9 Å². The Hall–Kier alpha value is -3.41. The first-order chi connectivity index (χ1) is 12.1. The summed E-state index contributed by atoms with van der Waals surface area (Å²) in [5, 5.41) is 3.51. The third-order valence-corrected chi connectivity index (χ3v) is 3.58. The van der Waals surface area contributed by atoms with E-state index in [0.29, 0.717) is 17.9 Å². The molecule has 6 nitrogen and oxygen atoms in total. The average Bonchev–Trinajstić information content (AvgIpc) is 2.64. The van der Waals surface area contributed by atoms with Crippen LogP contribution in [0.25, 0.3) is 10.9 Å². The second-order valence-electron chi connectivity index (χ2n) is 5.46. The summed E-state index contributed by atoms with van der Waals surface area (Å²) in [7, 11) is 0. The number of aromatic nitrogens is 1. The van der Waals surface area contributed by atoms with Gasteiger partial charge in [-0.05, 0) is 36.4 Å². The Morgan fingerprint density at radius 3 is 2.52 bits per heavy atom. The van der Waals surface area contributed by atoms with Crippen LogP contribution < -0.4 is 15.8 Å². The zero-order chi connectivity index (χ0) is 17.6. The maximum absolute atomic E-state index is 11.8. The fourth-order valence-corrected chi connectivity index (χ4v) is 2.32. The Balaban J connectivity index is 1.61. The summed E-state index contributed by atoms with van der Waals surface area (Å²) in [6, 6.07) is 18.5. The second-order valence-corrected chi connectivity index (χ2v) is 5.46. The first-order valence-corrected chi connectivity index (χ1v) is 7.76. The molecule has 6 heteroatoms. The maximum Gasteiger partial charge on any atom is 0.251 e. The number of ether oxygens (including phenoxy) is 1. The lowest BCUT2D eigenvalue weighted by atomic mass is 10.2. The van der Waals surface area contributed by atoms with Crippen molar-refractivity contribution in [2.75, 3.05) is 6.54 Å². The molecule has 0 bridgehead atoms. The largest absolute Gasteiger partial charge is 0.487 e.